The van der Waals surface area contributed by atoms with Crippen molar-refractivity contribution < 1.29 is 33.4 Å². The molecule has 0 radical (unpaired) electrons. The van der Waals surface area contributed by atoms with Crippen molar-refractivity contribution in [3.05, 3.63) is 0 Å². The molecule has 110 valence electrons. The summed E-state index contributed by atoms with van der Waals surface area (Å²) < 4.78 is 31.6. The molecule has 0 aliphatic carbocycles. The Labute approximate surface area is 106 Å². The molecule has 0 aliphatic heterocycles. The lowest BCUT2D eigenvalue weighted by molar-refractivity contribution is -0.0625. The zero-order valence-electron chi connectivity index (χ0n) is 10.1. The van der Waals surface area contributed by atoms with E-state index in [1.54, 1.807) is 6.92 Å². The van der Waals surface area contributed by atoms with Crippen LogP contribution in [0.4, 0.5) is 0 Å². The van der Waals surface area contributed by atoms with Crippen molar-refractivity contribution in [1.82, 2.24) is 4.90 Å². The van der Waals surface area contributed by atoms with Crippen LogP contribution >= 0.6 is 0 Å². The molecule has 0 spiro atoms. The first kappa shape index (κ1) is 17.7. The van der Waals surface area contributed by atoms with Gasteiger partial charge in [0.25, 0.3) is 0 Å². The number of hydrogen-bond acceptors (Lipinski definition) is 8. The Balaban J connectivity index is 4.71. The summed E-state index contributed by atoms with van der Waals surface area (Å²) in [6.45, 7) is 1.12. The van der Waals surface area contributed by atoms with E-state index in [0.717, 1.165) is 0 Å². The molecule has 0 saturated carbocycles. The highest BCUT2D eigenvalue weighted by molar-refractivity contribution is 7.86. The molecular formula is C9H20NO7S-. The summed E-state index contributed by atoms with van der Waals surface area (Å²) in [5.74, 6) is 0. The molecule has 0 aromatic carbocycles. The van der Waals surface area contributed by atoms with Gasteiger partial charge in [-0.2, -0.15) is 0 Å². The van der Waals surface area contributed by atoms with Gasteiger partial charge in [-0.3, -0.25) is 4.90 Å². The van der Waals surface area contributed by atoms with Crippen molar-refractivity contribution >= 4 is 10.1 Å². The standard InChI is InChI=1S/C9H21NO7S/c1-2-7(6-12)10(3-4-11)8(13)5-9(14)18(15,16)17/h7-9,11-14H,2-6H2,1H3,(H,15,16,17)/p-1. The van der Waals surface area contributed by atoms with Crippen LogP contribution in [0.3, 0.4) is 0 Å². The molecule has 0 rings (SSSR count). The fourth-order valence-electron chi connectivity index (χ4n) is 1.59. The van der Waals surface area contributed by atoms with Gasteiger partial charge >= 0.3 is 0 Å². The lowest BCUT2D eigenvalue weighted by Gasteiger charge is -2.34. The highest BCUT2D eigenvalue weighted by Crippen LogP contribution is 2.13. The van der Waals surface area contributed by atoms with Gasteiger partial charge in [0.05, 0.1) is 13.2 Å². The highest BCUT2D eigenvalue weighted by atomic mass is 32.2. The van der Waals surface area contributed by atoms with Gasteiger partial charge in [0.2, 0.25) is 0 Å². The molecule has 0 aromatic rings. The number of aliphatic hydroxyl groups is 4. The van der Waals surface area contributed by atoms with Gasteiger partial charge in [-0.1, -0.05) is 6.92 Å². The Morgan fingerprint density at radius 1 is 1.28 bits per heavy atom. The van der Waals surface area contributed by atoms with Crippen LogP contribution in [-0.2, 0) is 10.1 Å². The highest BCUT2D eigenvalue weighted by Gasteiger charge is 2.26. The maximum atomic E-state index is 10.5. The Hall–Kier alpha value is -0.290. The van der Waals surface area contributed by atoms with Crippen LogP contribution < -0.4 is 0 Å². The average Bonchev–Trinajstić information content (AvgIpc) is 2.28. The summed E-state index contributed by atoms with van der Waals surface area (Å²) in [4.78, 5) is 1.24. The van der Waals surface area contributed by atoms with Gasteiger partial charge in [-0.15, -0.1) is 0 Å². The Morgan fingerprint density at radius 2 is 1.83 bits per heavy atom. The van der Waals surface area contributed by atoms with Gasteiger partial charge in [-0.25, -0.2) is 8.42 Å². The normalized spacial score (nSPS) is 17.7. The molecule has 0 aromatic heterocycles. The van der Waals surface area contributed by atoms with Crippen LogP contribution in [0.2, 0.25) is 0 Å². The number of hydrogen-bond donors (Lipinski definition) is 4. The Morgan fingerprint density at radius 3 is 2.17 bits per heavy atom. The van der Waals surface area contributed by atoms with Crippen molar-refractivity contribution in [2.75, 3.05) is 19.8 Å². The van der Waals surface area contributed by atoms with Gasteiger partial charge in [0.1, 0.15) is 21.8 Å². The monoisotopic (exact) mass is 286 g/mol. The minimum atomic E-state index is -4.89. The Bertz CT molecular complexity index is 317. The SMILES string of the molecule is CCC(CO)N(CCO)C(O)CC(O)S(=O)(=O)[O-]. The topological polar surface area (TPSA) is 141 Å². The lowest BCUT2D eigenvalue weighted by atomic mass is 10.2. The van der Waals surface area contributed by atoms with Gasteiger partial charge < -0.3 is 25.0 Å². The first-order valence-corrected chi connectivity index (χ1v) is 7.03. The summed E-state index contributed by atoms with van der Waals surface area (Å²) >= 11 is 0. The predicted molar refractivity (Wildman–Crippen MR) is 61.3 cm³/mol. The third kappa shape index (κ3) is 5.57. The van der Waals surface area contributed by atoms with E-state index in [-0.39, 0.29) is 19.8 Å². The van der Waals surface area contributed by atoms with Crippen LogP contribution in [0.25, 0.3) is 0 Å². The van der Waals surface area contributed by atoms with E-state index in [4.69, 9.17) is 15.3 Å². The second kappa shape index (κ2) is 8.00. The van der Waals surface area contributed by atoms with Crippen molar-refractivity contribution in [3.8, 4) is 0 Å². The third-order valence-corrected chi connectivity index (χ3v) is 3.50. The molecule has 8 nitrogen and oxygen atoms in total. The minimum Gasteiger partial charge on any atom is -0.746 e. The molecule has 4 N–H and O–H groups in total. The van der Waals surface area contributed by atoms with Gasteiger partial charge in [0.15, 0.2) is 0 Å². The van der Waals surface area contributed by atoms with Crippen LogP contribution in [-0.4, -0.2) is 75.8 Å². The fraction of sp³-hybridized carbons (Fsp3) is 1.00. The first-order valence-electron chi connectivity index (χ1n) is 5.56. The number of aliphatic hydroxyl groups excluding tert-OH is 4. The third-order valence-electron chi connectivity index (χ3n) is 2.64. The quantitative estimate of drug-likeness (QED) is 0.272. The van der Waals surface area contributed by atoms with E-state index in [2.05, 4.69) is 0 Å². The maximum Gasteiger partial charge on any atom is 0.147 e. The molecule has 0 bridgehead atoms. The smallest absolute Gasteiger partial charge is 0.147 e. The zero-order valence-corrected chi connectivity index (χ0v) is 11.0. The maximum absolute atomic E-state index is 10.5. The van der Waals surface area contributed by atoms with Crippen molar-refractivity contribution in [2.45, 2.75) is 37.5 Å². The summed E-state index contributed by atoms with van der Waals surface area (Å²) in [5.41, 5.74) is -2.22. The molecule has 0 heterocycles. The predicted octanol–water partition coefficient (Wildman–Crippen LogP) is -2.38. The van der Waals surface area contributed by atoms with Crippen LogP contribution in [0.5, 0.6) is 0 Å². The zero-order chi connectivity index (χ0) is 14.3. The van der Waals surface area contributed by atoms with E-state index in [0.29, 0.717) is 6.42 Å². The van der Waals surface area contributed by atoms with Gasteiger partial charge in [-0.05, 0) is 6.42 Å². The van der Waals surface area contributed by atoms with Crippen LogP contribution in [0.1, 0.15) is 19.8 Å². The molecule has 3 atom stereocenters. The summed E-state index contributed by atoms with van der Waals surface area (Å²) in [7, 11) is -4.89. The average molecular weight is 286 g/mol. The largest absolute Gasteiger partial charge is 0.746 e. The fourth-order valence-corrected chi connectivity index (χ4v) is 2.00. The van der Waals surface area contributed by atoms with E-state index < -0.39 is 34.2 Å². The van der Waals surface area contributed by atoms with Crippen molar-refractivity contribution in [2.24, 2.45) is 0 Å². The minimum absolute atomic E-state index is 0.00808. The molecule has 9 heteroatoms. The summed E-state index contributed by atoms with van der Waals surface area (Å²) in [6.07, 6.45) is -1.68. The molecule has 0 aliphatic rings. The molecule has 18 heavy (non-hydrogen) atoms. The van der Waals surface area contributed by atoms with Gasteiger partial charge in [0, 0.05) is 19.0 Å². The van der Waals surface area contributed by atoms with E-state index in [9.17, 15) is 18.1 Å². The second-order valence-electron chi connectivity index (χ2n) is 3.87. The van der Waals surface area contributed by atoms with Crippen molar-refractivity contribution in [1.29, 1.82) is 0 Å². The van der Waals surface area contributed by atoms with E-state index in [1.807, 2.05) is 0 Å². The molecule has 0 amide bonds. The molecular weight excluding hydrogens is 266 g/mol. The summed E-state index contributed by atoms with van der Waals surface area (Å²) in [6, 6.07) is -0.492. The first-order chi connectivity index (χ1) is 8.27. The van der Waals surface area contributed by atoms with Crippen molar-refractivity contribution in [3.63, 3.8) is 0 Å². The van der Waals surface area contributed by atoms with E-state index in [1.165, 1.54) is 4.90 Å². The molecule has 3 unspecified atom stereocenters. The number of rotatable bonds is 9. The molecule has 0 saturated heterocycles. The Kier molecular flexibility index (Phi) is 7.87. The van der Waals surface area contributed by atoms with Crippen LogP contribution in [0.15, 0.2) is 0 Å². The summed E-state index contributed by atoms with van der Waals surface area (Å²) in [5, 5.41) is 36.8. The number of nitrogens with zero attached hydrogens (tertiary/aromatic N) is 1. The second-order valence-corrected chi connectivity index (χ2v) is 5.40. The molecule has 0 fully saturated rings. The van der Waals surface area contributed by atoms with E-state index >= 15 is 0 Å². The lowest BCUT2D eigenvalue weighted by Crippen LogP contribution is -2.48. The van der Waals surface area contributed by atoms with Crippen LogP contribution in [0, 0.1) is 0 Å².